The predicted molar refractivity (Wildman–Crippen MR) is 120 cm³/mol. The van der Waals surface area contributed by atoms with Crippen molar-refractivity contribution >= 4 is 13.9 Å². The molecule has 4 atom stereocenters. The molecule has 3 rings (SSSR count). The average molecular weight is 401 g/mol. The molecule has 0 aromatic carbocycles. The molecule has 156 valence electrons. The van der Waals surface area contributed by atoms with Gasteiger partial charge in [-0.15, -0.1) is 5.54 Å². The highest BCUT2D eigenvalue weighted by Crippen LogP contribution is 2.65. The first-order valence-corrected chi connectivity index (χ1v) is 14.2. The van der Waals surface area contributed by atoms with E-state index in [0.717, 1.165) is 32.1 Å². The Hall–Kier alpha value is -0.853. The van der Waals surface area contributed by atoms with E-state index in [1.54, 1.807) is 0 Å². The molecule has 0 amide bonds. The van der Waals surface area contributed by atoms with E-state index in [0.29, 0.717) is 6.42 Å². The zero-order valence-electron chi connectivity index (χ0n) is 19.2. The molecule has 3 aliphatic rings. The maximum atomic E-state index is 12.7. The SMILES string of the molecule is CC(C)(C)[Si](C)(C)C#C[C@]12CCCC=C1[C@@]1(C)CCC(=O)[C@@](C)(CO)[C@@H]1CC2. The van der Waals surface area contributed by atoms with Crippen molar-refractivity contribution in [3.63, 3.8) is 0 Å². The van der Waals surface area contributed by atoms with Crippen molar-refractivity contribution in [2.75, 3.05) is 6.61 Å². The number of aliphatic hydroxyl groups is 1. The third kappa shape index (κ3) is 3.16. The van der Waals surface area contributed by atoms with E-state index in [-0.39, 0.29) is 34.2 Å². The Morgan fingerprint density at radius 2 is 1.89 bits per heavy atom. The zero-order chi connectivity index (χ0) is 21.0. The van der Waals surface area contributed by atoms with Crippen molar-refractivity contribution in [2.24, 2.45) is 22.2 Å². The largest absolute Gasteiger partial charge is 0.395 e. The first kappa shape index (κ1) is 21.8. The fraction of sp³-hybridized carbons (Fsp3) is 0.800. The molecule has 0 spiro atoms. The number of aliphatic hydroxyl groups excluding tert-OH is 1. The van der Waals surface area contributed by atoms with Crippen LogP contribution in [0.1, 0.15) is 79.6 Å². The molecule has 2 saturated carbocycles. The lowest BCUT2D eigenvalue weighted by Crippen LogP contribution is -2.56. The number of hydrogen-bond donors (Lipinski definition) is 1. The Bertz CT molecular complexity index is 747. The number of rotatable bonds is 1. The summed E-state index contributed by atoms with van der Waals surface area (Å²) in [4.78, 5) is 12.7. The van der Waals surface area contributed by atoms with Crippen LogP contribution < -0.4 is 0 Å². The van der Waals surface area contributed by atoms with Gasteiger partial charge in [-0.25, -0.2) is 0 Å². The highest BCUT2D eigenvalue weighted by Gasteiger charge is 2.60. The van der Waals surface area contributed by atoms with E-state index in [4.69, 9.17) is 0 Å². The molecule has 2 nitrogen and oxygen atoms in total. The van der Waals surface area contributed by atoms with Crippen LogP contribution in [0, 0.1) is 33.6 Å². The summed E-state index contributed by atoms with van der Waals surface area (Å²) in [6.45, 7) is 16.2. The van der Waals surface area contributed by atoms with Gasteiger partial charge in [-0.05, 0) is 60.5 Å². The van der Waals surface area contributed by atoms with E-state index in [2.05, 4.69) is 58.3 Å². The summed E-state index contributed by atoms with van der Waals surface area (Å²) >= 11 is 0. The lowest BCUT2D eigenvalue weighted by Gasteiger charge is -2.59. The Morgan fingerprint density at radius 3 is 2.50 bits per heavy atom. The van der Waals surface area contributed by atoms with E-state index in [1.165, 1.54) is 12.0 Å². The van der Waals surface area contributed by atoms with Crippen LogP contribution in [-0.4, -0.2) is 25.6 Å². The van der Waals surface area contributed by atoms with Gasteiger partial charge in [0.25, 0.3) is 0 Å². The summed E-state index contributed by atoms with van der Waals surface area (Å²) in [6.07, 6.45) is 9.54. The van der Waals surface area contributed by atoms with Gasteiger partial charge in [0.05, 0.1) is 17.4 Å². The Morgan fingerprint density at radius 1 is 1.21 bits per heavy atom. The maximum Gasteiger partial charge on any atom is 0.141 e. The van der Waals surface area contributed by atoms with E-state index < -0.39 is 13.5 Å². The fourth-order valence-electron chi connectivity index (χ4n) is 5.95. The second-order valence-corrected chi connectivity index (χ2v) is 16.7. The minimum absolute atomic E-state index is 0.00419. The summed E-state index contributed by atoms with van der Waals surface area (Å²) in [7, 11) is -1.67. The number of carbonyl (C=O) groups is 1. The van der Waals surface area contributed by atoms with E-state index >= 15 is 0 Å². The molecule has 0 bridgehead atoms. The molecule has 2 fully saturated rings. The maximum absolute atomic E-state index is 12.7. The van der Waals surface area contributed by atoms with E-state index in [9.17, 15) is 9.90 Å². The number of hydrogen-bond acceptors (Lipinski definition) is 2. The van der Waals surface area contributed by atoms with Crippen LogP contribution in [0.4, 0.5) is 0 Å². The van der Waals surface area contributed by atoms with Gasteiger partial charge < -0.3 is 5.11 Å². The molecule has 0 aliphatic heterocycles. The van der Waals surface area contributed by atoms with Crippen molar-refractivity contribution in [1.29, 1.82) is 0 Å². The summed E-state index contributed by atoms with van der Waals surface area (Å²) < 4.78 is 0. The molecule has 1 N–H and O–H groups in total. The Labute approximate surface area is 173 Å². The van der Waals surface area contributed by atoms with Crippen molar-refractivity contribution in [1.82, 2.24) is 0 Å². The number of ketones is 1. The molecule has 0 radical (unpaired) electrons. The first-order valence-electron chi connectivity index (χ1n) is 11.2. The number of carbonyl (C=O) groups excluding carboxylic acids is 1. The zero-order valence-corrected chi connectivity index (χ0v) is 20.2. The average Bonchev–Trinajstić information content (AvgIpc) is 2.63. The second kappa shape index (κ2) is 6.85. The van der Waals surface area contributed by atoms with Gasteiger partial charge in [0, 0.05) is 6.42 Å². The molecule has 3 heteroatoms. The lowest BCUT2D eigenvalue weighted by molar-refractivity contribution is -0.147. The van der Waals surface area contributed by atoms with Crippen molar-refractivity contribution < 1.29 is 9.90 Å². The smallest absolute Gasteiger partial charge is 0.141 e. The van der Waals surface area contributed by atoms with Gasteiger partial charge in [-0.1, -0.05) is 59.7 Å². The van der Waals surface area contributed by atoms with Crippen LogP contribution in [0.25, 0.3) is 0 Å². The van der Waals surface area contributed by atoms with Gasteiger partial charge in [-0.2, -0.15) is 0 Å². The van der Waals surface area contributed by atoms with Crippen molar-refractivity contribution in [3.8, 4) is 11.5 Å². The van der Waals surface area contributed by atoms with Crippen molar-refractivity contribution in [2.45, 2.75) is 97.7 Å². The third-order valence-corrected chi connectivity index (χ3v) is 13.5. The molecule has 0 unspecified atom stereocenters. The monoisotopic (exact) mass is 400 g/mol. The van der Waals surface area contributed by atoms with Gasteiger partial charge in [0.15, 0.2) is 0 Å². The Balaban J connectivity index is 2.07. The number of fused-ring (bicyclic) bond motifs is 3. The van der Waals surface area contributed by atoms with Gasteiger partial charge in [0.2, 0.25) is 0 Å². The molecular weight excluding hydrogens is 360 g/mol. The Kier molecular flexibility index (Phi) is 5.34. The highest BCUT2D eigenvalue weighted by molar-refractivity contribution is 6.87. The van der Waals surface area contributed by atoms with Gasteiger partial charge >= 0.3 is 0 Å². The summed E-state index contributed by atoms with van der Waals surface area (Å²) in [5.74, 6) is 4.39. The molecule has 0 aromatic heterocycles. The number of Topliss-reactive ketones (excluding diaryl/α,β-unsaturated/α-hetero) is 1. The molecule has 28 heavy (non-hydrogen) atoms. The van der Waals surface area contributed by atoms with Crippen LogP contribution in [0.3, 0.4) is 0 Å². The highest BCUT2D eigenvalue weighted by atomic mass is 28.3. The van der Waals surface area contributed by atoms with Gasteiger partial charge in [-0.3, -0.25) is 4.79 Å². The molecular formula is C25H40O2Si. The van der Waals surface area contributed by atoms with Crippen LogP contribution in [0.2, 0.25) is 18.1 Å². The van der Waals surface area contributed by atoms with Crippen LogP contribution in [0.5, 0.6) is 0 Å². The quantitative estimate of drug-likeness (QED) is 0.337. The standard InChI is InChI=1S/C25H40O2Si/c1-22(2,3)28(6,7)17-16-25-13-9-8-10-20(25)23(4)14-12-21(27)24(5,18-26)19(23)11-15-25/h10,19,26H,8-9,11-15,18H2,1-7H3/t19-,23+,24+,25-/m1/s1. The minimum Gasteiger partial charge on any atom is -0.395 e. The first-order chi connectivity index (χ1) is 12.8. The third-order valence-electron chi connectivity index (χ3n) is 9.01. The summed E-state index contributed by atoms with van der Waals surface area (Å²) in [5, 5.41) is 10.4. The molecule has 0 heterocycles. The summed E-state index contributed by atoms with van der Waals surface area (Å²) in [6, 6.07) is 0. The molecule has 0 aromatic rings. The predicted octanol–water partition coefficient (Wildman–Crippen LogP) is 5.91. The molecule has 0 saturated heterocycles. The van der Waals surface area contributed by atoms with Crippen molar-refractivity contribution in [3.05, 3.63) is 11.6 Å². The summed E-state index contributed by atoms with van der Waals surface area (Å²) in [5.41, 5.74) is 4.76. The van der Waals surface area contributed by atoms with Crippen LogP contribution in [-0.2, 0) is 4.79 Å². The van der Waals surface area contributed by atoms with Crippen LogP contribution in [0.15, 0.2) is 11.6 Å². The molecule has 3 aliphatic carbocycles. The van der Waals surface area contributed by atoms with Gasteiger partial charge in [0.1, 0.15) is 13.9 Å². The fourth-order valence-corrected chi connectivity index (χ4v) is 6.88. The second-order valence-electron chi connectivity index (χ2n) is 11.7. The topological polar surface area (TPSA) is 37.3 Å². The normalized spacial score (nSPS) is 38.6. The van der Waals surface area contributed by atoms with Crippen LogP contribution >= 0.6 is 0 Å². The minimum atomic E-state index is -1.67. The van der Waals surface area contributed by atoms with E-state index in [1.807, 2.05) is 6.92 Å². The number of allylic oxidation sites excluding steroid dienone is 2. The lowest BCUT2D eigenvalue weighted by atomic mass is 9.43.